The molecule has 0 aliphatic heterocycles. The number of benzene rings is 1. The summed E-state index contributed by atoms with van der Waals surface area (Å²) in [6, 6.07) is 5.32. The first-order valence-electron chi connectivity index (χ1n) is 6.96. The molecule has 4 heteroatoms. The highest BCUT2D eigenvalue weighted by Crippen LogP contribution is 2.28. The molecule has 1 aromatic rings. The van der Waals surface area contributed by atoms with Gasteiger partial charge in [0.15, 0.2) is 0 Å². The lowest BCUT2D eigenvalue weighted by Gasteiger charge is -2.22. The first-order chi connectivity index (χ1) is 9.15. The molecule has 2 rings (SSSR count). The molecule has 1 aromatic carbocycles. The van der Waals surface area contributed by atoms with E-state index >= 15 is 0 Å². The first-order valence-corrected chi connectivity index (χ1v) is 8.80. The van der Waals surface area contributed by atoms with Crippen LogP contribution in [-0.2, 0) is 6.42 Å². The molecule has 2 N–H and O–H groups in total. The average Bonchev–Trinajstić information content (AvgIpc) is 2.42. The van der Waals surface area contributed by atoms with Crippen LogP contribution in [-0.4, -0.2) is 17.0 Å². The first kappa shape index (κ1) is 15.3. The SMILES string of the molecule is NC(CSC1CCCCC1)Cc1ccc(F)c(Br)c1. The molecule has 0 radical (unpaired) electrons. The van der Waals surface area contributed by atoms with Crippen LogP contribution in [0.5, 0.6) is 0 Å². The van der Waals surface area contributed by atoms with E-state index < -0.39 is 0 Å². The van der Waals surface area contributed by atoms with E-state index in [2.05, 4.69) is 15.9 Å². The summed E-state index contributed by atoms with van der Waals surface area (Å²) in [5, 5.41) is 0.805. The van der Waals surface area contributed by atoms with Crippen LogP contribution in [0.4, 0.5) is 4.39 Å². The second-order valence-electron chi connectivity index (χ2n) is 5.31. The Kier molecular flexibility index (Phi) is 6.17. The van der Waals surface area contributed by atoms with E-state index in [-0.39, 0.29) is 11.9 Å². The summed E-state index contributed by atoms with van der Waals surface area (Å²) in [7, 11) is 0. The zero-order valence-corrected chi connectivity index (χ0v) is 13.5. The van der Waals surface area contributed by atoms with Crippen molar-refractivity contribution in [2.75, 3.05) is 5.75 Å². The molecule has 1 aliphatic rings. The average molecular weight is 346 g/mol. The van der Waals surface area contributed by atoms with Gasteiger partial charge in [-0.05, 0) is 52.9 Å². The van der Waals surface area contributed by atoms with Crippen molar-refractivity contribution in [2.24, 2.45) is 5.73 Å². The fourth-order valence-electron chi connectivity index (χ4n) is 2.52. The normalized spacial score (nSPS) is 18.5. The summed E-state index contributed by atoms with van der Waals surface area (Å²) in [6.45, 7) is 0. The van der Waals surface area contributed by atoms with Gasteiger partial charge in [-0.1, -0.05) is 25.3 Å². The molecular formula is C15H21BrFNS. The molecule has 0 spiro atoms. The molecule has 0 saturated heterocycles. The Labute approximate surface area is 127 Å². The van der Waals surface area contributed by atoms with E-state index in [0.29, 0.717) is 4.47 Å². The van der Waals surface area contributed by atoms with Crippen molar-refractivity contribution in [3.63, 3.8) is 0 Å². The van der Waals surface area contributed by atoms with Crippen LogP contribution in [0, 0.1) is 5.82 Å². The van der Waals surface area contributed by atoms with Crippen molar-refractivity contribution >= 4 is 27.7 Å². The number of thioether (sulfide) groups is 1. The van der Waals surface area contributed by atoms with Gasteiger partial charge in [-0.2, -0.15) is 11.8 Å². The van der Waals surface area contributed by atoms with Crippen LogP contribution < -0.4 is 5.73 Å². The highest BCUT2D eigenvalue weighted by molar-refractivity contribution is 9.10. The minimum absolute atomic E-state index is 0.157. The summed E-state index contributed by atoms with van der Waals surface area (Å²) >= 11 is 5.24. The Balaban J connectivity index is 1.76. The predicted octanol–water partition coefficient (Wildman–Crippen LogP) is 4.52. The highest BCUT2D eigenvalue weighted by Gasteiger charge is 2.15. The maximum Gasteiger partial charge on any atom is 0.137 e. The minimum atomic E-state index is -0.214. The fourth-order valence-corrected chi connectivity index (χ4v) is 4.25. The molecule has 1 nitrogen and oxygen atoms in total. The zero-order chi connectivity index (χ0) is 13.7. The topological polar surface area (TPSA) is 26.0 Å². The van der Waals surface area contributed by atoms with E-state index in [1.807, 2.05) is 23.9 Å². The van der Waals surface area contributed by atoms with Crippen LogP contribution in [0.1, 0.15) is 37.7 Å². The molecule has 1 aliphatic carbocycles. The largest absolute Gasteiger partial charge is 0.327 e. The summed E-state index contributed by atoms with van der Waals surface area (Å²) in [5.74, 6) is 0.786. The van der Waals surface area contributed by atoms with Crippen LogP contribution in [0.3, 0.4) is 0 Å². The maximum atomic E-state index is 13.1. The van der Waals surface area contributed by atoms with Gasteiger partial charge in [-0.15, -0.1) is 0 Å². The molecule has 1 atom stereocenters. The Morgan fingerprint density at radius 1 is 1.32 bits per heavy atom. The van der Waals surface area contributed by atoms with E-state index in [0.717, 1.165) is 23.0 Å². The van der Waals surface area contributed by atoms with Crippen LogP contribution in [0.2, 0.25) is 0 Å². The molecule has 0 amide bonds. The summed E-state index contributed by atoms with van der Waals surface area (Å²) < 4.78 is 13.7. The lowest BCUT2D eigenvalue weighted by molar-refractivity contribution is 0.515. The van der Waals surface area contributed by atoms with Crippen molar-refractivity contribution in [1.29, 1.82) is 0 Å². The standard InChI is InChI=1S/C15H21BrFNS/c16-14-9-11(6-7-15(14)17)8-12(18)10-19-13-4-2-1-3-5-13/h6-7,9,12-13H,1-5,8,10,18H2. The van der Waals surface area contributed by atoms with Gasteiger partial charge >= 0.3 is 0 Å². The van der Waals surface area contributed by atoms with Gasteiger partial charge in [0.05, 0.1) is 4.47 Å². The second-order valence-corrected chi connectivity index (χ2v) is 7.49. The smallest absolute Gasteiger partial charge is 0.137 e. The maximum absolute atomic E-state index is 13.1. The Morgan fingerprint density at radius 3 is 2.74 bits per heavy atom. The van der Waals surface area contributed by atoms with Crippen molar-refractivity contribution in [3.8, 4) is 0 Å². The summed E-state index contributed by atoms with van der Waals surface area (Å²) in [6.07, 6.45) is 7.65. The van der Waals surface area contributed by atoms with Gasteiger partial charge in [-0.25, -0.2) is 4.39 Å². The van der Waals surface area contributed by atoms with Crippen LogP contribution >= 0.6 is 27.7 Å². The summed E-state index contributed by atoms with van der Waals surface area (Å²) in [4.78, 5) is 0. The van der Waals surface area contributed by atoms with Gasteiger partial charge in [0, 0.05) is 17.0 Å². The quantitative estimate of drug-likeness (QED) is 0.848. The minimum Gasteiger partial charge on any atom is -0.327 e. The predicted molar refractivity (Wildman–Crippen MR) is 85.1 cm³/mol. The van der Waals surface area contributed by atoms with Crippen LogP contribution in [0.25, 0.3) is 0 Å². The third-order valence-corrected chi connectivity index (χ3v) is 5.75. The van der Waals surface area contributed by atoms with Crippen LogP contribution in [0.15, 0.2) is 22.7 Å². The Morgan fingerprint density at radius 2 is 2.05 bits per heavy atom. The van der Waals surface area contributed by atoms with E-state index in [1.165, 1.54) is 38.2 Å². The van der Waals surface area contributed by atoms with Gasteiger partial charge in [0.1, 0.15) is 5.82 Å². The Hall–Kier alpha value is -0.0600. The highest BCUT2D eigenvalue weighted by atomic mass is 79.9. The molecule has 1 unspecified atom stereocenters. The van der Waals surface area contributed by atoms with Gasteiger partial charge in [0.2, 0.25) is 0 Å². The van der Waals surface area contributed by atoms with Crippen molar-refractivity contribution < 1.29 is 4.39 Å². The van der Waals surface area contributed by atoms with Gasteiger partial charge < -0.3 is 5.73 Å². The van der Waals surface area contributed by atoms with E-state index in [9.17, 15) is 4.39 Å². The molecule has 0 heterocycles. The molecule has 0 bridgehead atoms. The number of hydrogen-bond acceptors (Lipinski definition) is 2. The molecule has 1 fully saturated rings. The van der Waals surface area contributed by atoms with Gasteiger partial charge in [0.25, 0.3) is 0 Å². The molecule has 106 valence electrons. The van der Waals surface area contributed by atoms with E-state index in [1.54, 1.807) is 0 Å². The van der Waals surface area contributed by atoms with Crippen molar-refractivity contribution in [3.05, 3.63) is 34.1 Å². The monoisotopic (exact) mass is 345 g/mol. The second kappa shape index (κ2) is 7.65. The fraction of sp³-hybridized carbons (Fsp3) is 0.600. The third kappa shape index (κ3) is 5.09. The number of halogens is 2. The van der Waals surface area contributed by atoms with E-state index in [4.69, 9.17) is 5.73 Å². The lowest BCUT2D eigenvalue weighted by atomic mass is 10.0. The van der Waals surface area contributed by atoms with Crippen molar-refractivity contribution in [1.82, 2.24) is 0 Å². The molecule has 19 heavy (non-hydrogen) atoms. The third-order valence-electron chi connectivity index (χ3n) is 3.58. The number of rotatable bonds is 5. The number of hydrogen-bond donors (Lipinski definition) is 1. The van der Waals surface area contributed by atoms with Gasteiger partial charge in [-0.3, -0.25) is 0 Å². The summed E-state index contributed by atoms with van der Waals surface area (Å²) in [5.41, 5.74) is 7.28. The molecular weight excluding hydrogens is 325 g/mol. The Bertz CT molecular complexity index is 407. The lowest BCUT2D eigenvalue weighted by Crippen LogP contribution is -2.27. The molecule has 0 aromatic heterocycles. The molecule has 1 saturated carbocycles. The number of nitrogens with two attached hydrogens (primary N) is 1. The van der Waals surface area contributed by atoms with Crippen molar-refractivity contribution in [2.45, 2.75) is 49.8 Å². The zero-order valence-electron chi connectivity index (χ0n) is 11.1.